The molecule has 32 heavy (non-hydrogen) atoms. The Bertz CT molecular complexity index is 731. The molecule has 1 aromatic rings. The van der Waals surface area contributed by atoms with Gasteiger partial charge in [-0.05, 0) is 57.7 Å². The summed E-state index contributed by atoms with van der Waals surface area (Å²) in [5, 5.41) is 7.04. The first kappa shape index (κ1) is 25.3. The van der Waals surface area contributed by atoms with E-state index in [0.29, 0.717) is 11.9 Å². The summed E-state index contributed by atoms with van der Waals surface area (Å²) >= 11 is 0. The molecule has 2 unspecified atom stereocenters. The molecule has 4 rings (SSSR count). The molecular formula is C25H40IN5O. The molecule has 3 fully saturated rings. The molecule has 1 saturated carbocycles. The first-order valence-corrected chi connectivity index (χ1v) is 12.4. The first-order chi connectivity index (χ1) is 15.2. The molecule has 0 aromatic heterocycles. The smallest absolute Gasteiger partial charge is 0.225 e. The van der Waals surface area contributed by atoms with E-state index in [9.17, 15) is 4.79 Å². The van der Waals surface area contributed by atoms with Gasteiger partial charge in [0, 0.05) is 31.6 Å². The molecule has 0 bridgehead atoms. The van der Waals surface area contributed by atoms with Gasteiger partial charge in [-0.25, -0.2) is 0 Å². The quantitative estimate of drug-likeness (QED) is 0.307. The van der Waals surface area contributed by atoms with E-state index >= 15 is 0 Å². The third kappa shape index (κ3) is 6.59. The third-order valence-electron chi connectivity index (χ3n) is 7.08. The Balaban J connectivity index is 0.00000289. The zero-order valence-electron chi connectivity index (χ0n) is 19.5. The summed E-state index contributed by atoms with van der Waals surface area (Å²) in [5.74, 6) is 1.53. The Morgan fingerprint density at radius 1 is 1.06 bits per heavy atom. The van der Waals surface area contributed by atoms with Crippen molar-refractivity contribution in [2.75, 3.05) is 39.3 Å². The molecule has 3 aliphatic rings. The van der Waals surface area contributed by atoms with E-state index in [1.165, 1.54) is 31.2 Å². The average molecular weight is 554 g/mol. The minimum atomic E-state index is 0. The Hall–Kier alpha value is -1.35. The number of hydrogen-bond donors (Lipinski definition) is 2. The van der Waals surface area contributed by atoms with Crippen molar-refractivity contribution in [2.24, 2.45) is 10.9 Å². The van der Waals surface area contributed by atoms with Crippen LogP contribution in [0.2, 0.25) is 0 Å². The SMILES string of the molecule is CCNC(=NCC(c1ccccc1)N1CCCC1)NC1CCN(C(=O)C2CCCC2)C1.I. The van der Waals surface area contributed by atoms with Gasteiger partial charge >= 0.3 is 0 Å². The summed E-state index contributed by atoms with van der Waals surface area (Å²) in [7, 11) is 0. The van der Waals surface area contributed by atoms with Crippen LogP contribution in [0.4, 0.5) is 0 Å². The monoisotopic (exact) mass is 553 g/mol. The summed E-state index contributed by atoms with van der Waals surface area (Å²) in [4.78, 5) is 22.4. The minimum Gasteiger partial charge on any atom is -0.357 e. The largest absolute Gasteiger partial charge is 0.357 e. The highest BCUT2D eigenvalue weighted by Gasteiger charge is 2.32. The van der Waals surface area contributed by atoms with E-state index in [2.05, 4.69) is 57.7 Å². The third-order valence-corrected chi connectivity index (χ3v) is 7.08. The lowest BCUT2D eigenvalue weighted by atomic mass is 10.1. The van der Waals surface area contributed by atoms with E-state index in [1.54, 1.807) is 0 Å². The molecule has 6 nitrogen and oxygen atoms in total. The Kier molecular flexibility index (Phi) is 10.1. The molecular weight excluding hydrogens is 513 g/mol. The summed E-state index contributed by atoms with van der Waals surface area (Å²) in [5.41, 5.74) is 1.35. The van der Waals surface area contributed by atoms with Gasteiger partial charge in [0.05, 0.1) is 12.6 Å². The van der Waals surface area contributed by atoms with E-state index in [0.717, 1.165) is 64.5 Å². The minimum absolute atomic E-state index is 0. The second kappa shape index (κ2) is 12.8. The van der Waals surface area contributed by atoms with Crippen molar-refractivity contribution in [3.05, 3.63) is 35.9 Å². The Labute approximate surface area is 210 Å². The molecule has 0 spiro atoms. The standard InChI is InChI=1S/C25H39N5O.HI/c1-2-26-25(28-22-14-17-30(19-22)24(31)21-12-6-7-13-21)27-18-23(29-15-8-9-16-29)20-10-4-3-5-11-20;/h3-5,10-11,21-23H,2,6-9,12-19H2,1H3,(H2,26,27,28);1H. The molecule has 2 N–H and O–H groups in total. The van der Waals surface area contributed by atoms with Crippen LogP contribution in [0.25, 0.3) is 0 Å². The molecule has 7 heteroatoms. The molecule has 2 heterocycles. The lowest BCUT2D eigenvalue weighted by molar-refractivity contribution is -0.134. The van der Waals surface area contributed by atoms with Gasteiger partial charge in [-0.1, -0.05) is 43.2 Å². The Morgan fingerprint density at radius 3 is 2.47 bits per heavy atom. The number of halogens is 1. The van der Waals surface area contributed by atoms with Gasteiger partial charge in [0.25, 0.3) is 0 Å². The predicted molar refractivity (Wildman–Crippen MR) is 141 cm³/mol. The topological polar surface area (TPSA) is 60.0 Å². The number of rotatable bonds is 7. The van der Waals surface area contributed by atoms with Gasteiger partial charge in [0.2, 0.25) is 5.91 Å². The molecule has 178 valence electrons. The summed E-state index contributed by atoms with van der Waals surface area (Å²) < 4.78 is 0. The number of guanidine groups is 1. The van der Waals surface area contributed by atoms with Crippen LogP contribution in [0, 0.1) is 5.92 Å². The van der Waals surface area contributed by atoms with Crippen LogP contribution in [0.1, 0.15) is 63.5 Å². The zero-order valence-corrected chi connectivity index (χ0v) is 21.8. The lowest BCUT2D eigenvalue weighted by Crippen LogP contribution is -2.45. The molecule has 1 amide bonds. The number of likely N-dealkylation sites (tertiary alicyclic amines) is 2. The fraction of sp³-hybridized carbons (Fsp3) is 0.680. The van der Waals surface area contributed by atoms with Crippen molar-refractivity contribution in [3.63, 3.8) is 0 Å². The maximum Gasteiger partial charge on any atom is 0.225 e. The number of benzene rings is 1. The summed E-state index contributed by atoms with van der Waals surface area (Å²) in [6, 6.07) is 11.4. The van der Waals surface area contributed by atoms with E-state index < -0.39 is 0 Å². The number of nitrogens with zero attached hydrogens (tertiary/aromatic N) is 3. The van der Waals surface area contributed by atoms with Gasteiger partial charge in [0.1, 0.15) is 0 Å². The lowest BCUT2D eigenvalue weighted by Gasteiger charge is -2.27. The number of carbonyl (C=O) groups excluding carboxylic acids is 1. The number of amides is 1. The van der Waals surface area contributed by atoms with Crippen molar-refractivity contribution in [2.45, 2.75) is 64.0 Å². The molecule has 2 aliphatic heterocycles. The van der Waals surface area contributed by atoms with Gasteiger partial charge in [-0.3, -0.25) is 14.7 Å². The second-order valence-electron chi connectivity index (χ2n) is 9.28. The summed E-state index contributed by atoms with van der Waals surface area (Å²) in [6.07, 6.45) is 8.13. The van der Waals surface area contributed by atoms with Gasteiger partial charge in [0.15, 0.2) is 5.96 Å². The highest BCUT2D eigenvalue weighted by atomic mass is 127. The normalized spacial score (nSPS) is 23.2. The van der Waals surface area contributed by atoms with Gasteiger partial charge < -0.3 is 15.5 Å². The van der Waals surface area contributed by atoms with Crippen LogP contribution in [-0.4, -0.2) is 67.0 Å². The van der Waals surface area contributed by atoms with Crippen LogP contribution in [-0.2, 0) is 4.79 Å². The van der Waals surface area contributed by atoms with Crippen molar-refractivity contribution < 1.29 is 4.79 Å². The molecule has 1 aromatic carbocycles. The predicted octanol–water partition coefficient (Wildman–Crippen LogP) is 3.79. The van der Waals surface area contributed by atoms with Crippen molar-refractivity contribution >= 4 is 35.8 Å². The van der Waals surface area contributed by atoms with Gasteiger partial charge in [-0.2, -0.15) is 0 Å². The maximum atomic E-state index is 12.8. The van der Waals surface area contributed by atoms with Gasteiger partial charge in [-0.15, -0.1) is 24.0 Å². The van der Waals surface area contributed by atoms with E-state index in [-0.39, 0.29) is 35.9 Å². The molecule has 2 atom stereocenters. The maximum absolute atomic E-state index is 12.8. The number of hydrogen-bond acceptors (Lipinski definition) is 3. The zero-order chi connectivity index (χ0) is 21.5. The van der Waals surface area contributed by atoms with Crippen LogP contribution in [0.15, 0.2) is 35.3 Å². The van der Waals surface area contributed by atoms with E-state index in [1.807, 2.05) is 0 Å². The Morgan fingerprint density at radius 2 is 1.78 bits per heavy atom. The summed E-state index contributed by atoms with van der Waals surface area (Å²) in [6.45, 7) is 7.66. The van der Waals surface area contributed by atoms with Crippen molar-refractivity contribution in [3.8, 4) is 0 Å². The fourth-order valence-electron chi connectivity index (χ4n) is 5.36. The van der Waals surface area contributed by atoms with E-state index in [4.69, 9.17) is 4.99 Å². The number of aliphatic imine (C=N–C) groups is 1. The number of carbonyl (C=O) groups is 1. The average Bonchev–Trinajstić information content (AvgIpc) is 3.57. The van der Waals surface area contributed by atoms with Crippen molar-refractivity contribution in [1.29, 1.82) is 0 Å². The highest BCUT2D eigenvalue weighted by Crippen LogP contribution is 2.28. The highest BCUT2D eigenvalue weighted by molar-refractivity contribution is 14.0. The van der Waals surface area contributed by atoms with Crippen molar-refractivity contribution in [1.82, 2.24) is 20.4 Å². The van der Waals surface area contributed by atoms with Crippen LogP contribution < -0.4 is 10.6 Å². The molecule has 2 saturated heterocycles. The molecule has 1 aliphatic carbocycles. The van der Waals surface area contributed by atoms with Crippen LogP contribution in [0.3, 0.4) is 0 Å². The second-order valence-corrected chi connectivity index (χ2v) is 9.28. The fourth-order valence-corrected chi connectivity index (χ4v) is 5.36. The first-order valence-electron chi connectivity index (χ1n) is 12.4. The van der Waals surface area contributed by atoms with Crippen LogP contribution >= 0.6 is 24.0 Å². The molecule has 0 radical (unpaired) electrons. The number of nitrogens with one attached hydrogen (secondary N) is 2. The van der Waals surface area contributed by atoms with Crippen LogP contribution in [0.5, 0.6) is 0 Å².